The molecular weight excluding hydrogens is 318 g/mol. The van der Waals surface area contributed by atoms with Crippen LogP contribution >= 0.6 is 0 Å². The molecule has 0 radical (unpaired) electrons. The Bertz CT molecular complexity index is 615. The van der Waals surface area contributed by atoms with Gasteiger partial charge in [0.15, 0.2) is 5.03 Å². The molecule has 1 unspecified atom stereocenters. The molecule has 1 aromatic rings. The summed E-state index contributed by atoms with van der Waals surface area (Å²) in [6.07, 6.45) is 3.68. The molecule has 3 N–H and O–H groups in total. The van der Waals surface area contributed by atoms with E-state index in [4.69, 9.17) is 0 Å². The molecule has 1 aromatic heterocycles. The average molecular weight is 343 g/mol. The van der Waals surface area contributed by atoms with Crippen molar-refractivity contribution in [1.29, 1.82) is 0 Å². The van der Waals surface area contributed by atoms with Gasteiger partial charge in [-0.05, 0) is 38.8 Å². The van der Waals surface area contributed by atoms with Gasteiger partial charge in [-0.25, -0.2) is 18.1 Å². The molecule has 0 aromatic carbocycles. The number of nitrogens with one attached hydrogen (secondary N) is 3. The Balaban J connectivity index is 1.67. The van der Waals surface area contributed by atoms with Gasteiger partial charge < -0.3 is 15.2 Å². The molecular formula is C14H25N5O3S. The summed E-state index contributed by atoms with van der Waals surface area (Å²) in [4.78, 5) is 15.7. The third kappa shape index (κ3) is 5.29. The predicted molar refractivity (Wildman–Crippen MR) is 86.4 cm³/mol. The molecule has 2 heterocycles. The summed E-state index contributed by atoms with van der Waals surface area (Å²) >= 11 is 0. The Morgan fingerprint density at radius 3 is 2.87 bits per heavy atom. The van der Waals surface area contributed by atoms with E-state index in [-0.39, 0.29) is 23.9 Å². The quantitative estimate of drug-likeness (QED) is 0.591. The number of rotatable bonds is 8. The maximum Gasteiger partial charge on any atom is 0.259 e. The van der Waals surface area contributed by atoms with Crippen LogP contribution in [0, 0.1) is 12.8 Å². The van der Waals surface area contributed by atoms with Gasteiger partial charge in [0, 0.05) is 32.8 Å². The zero-order valence-corrected chi connectivity index (χ0v) is 14.4. The molecule has 8 nitrogen and oxygen atoms in total. The fourth-order valence-electron chi connectivity index (χ4n) is 2.49. The highest BCUT2D eigenvalue weighted by atomic mass is 32.2. The SMILES string of the molecule is Cc1nc(S(=O)(=O)NCCC(=O)NCCC2CCNC2)cn1C. The number of imidazole rings is 1. The zero-order chi connectivity index (χ0) is 16.9. The Kier molecular flexibility index (Phi) is 6.14. The molecule has 1 aliphatic heterocycles. The Hall–Kier alpha value is -1.45. The third-order valence-electron chi connectivity index (χ3n) is 4.04. The van der Waals surface area contributed by atoms with E-state index in [1.165, 1.54) is 6.20 Å². The number of amides is 1. The van der Waals surface area contributed by atoms with Crippen LogP contribution in [0.5, 0.6) is 0 Å². The standard InChI is InChI=1S/C14H25N5O3S/c1-11-18-14(10-19(11)2)23(21,22)17-8-5-13(20)16-7-4-12-3-6-15-9-12/h10,12,15,17H,3-9H2,1-2H3,(H,16,20). The minimum absolute atomic E-state index is 0.0216. The van der Waals surface area contributed by atoms with E-state index >= 15 is 0 Å². The van der Waals surface area contributed by atoms with Crippen molar-refractivity contribution in [1.82, 2.24) is 24.9 Å². The Morgan fingerprint density at radius 1 is 1.48 bits per heavy atom. The van der Waals surface area contributed by atoms with Crippen molar-refractivity contribution in [3.63, 3.8) is 0 Å². The van der Waals surface area contributed by atoms with E-state index in [9.17, 15) is 13.2 Å². The molecule has 23 heavy (non-hydrogen) atoms. The van der Waals surface area contributed by atoms with Crippen molar-refractivity contribution in [2.75, 3.05) is 26.2 Å². The number of carbonyl (C=O) groups excluding carboxylic acids is 1. The molecule has 0 saturated carbocycles. The molecule has 9 heteroatoms. The van der Waals surface area contributed by atoms with Gasteiger partial charge in [0.1, 0.15) is 5.82 Å². The molecule has 2 rings (SSSR count). The number of nitrogens with zero attached hydrogens (tertiary/aromatic N) is 2. The van der Waals surface area contributed by atoms with E-state index in [2.05, 4.69) is 20.3 Å². The lowest BCUT2D eigenvalue weighted by atomic mass is 10.1. The summed E-state index contributed by atoms with van der Waals surface area (Å²) in [7, 11) is -1.93. The highest BCUT2D eigenvalue weighted by Gasteiger charge is 2.18. The van der Waals surface area contributed by atoms with Gasteiger partial charge in [0.2, 0.25) is 5.91 Å². The zero-order valence-electron chi connectivity index (χ0n) is 13.6. The molecule has 0 bridgehead atoms. The van der Waals surface area contributed by atoms with E-state index in [1.54, 1.807) is 18.5 Å². The van der Waals surface area contributed by atoms with Crippen LogP contribution in [-0.2, 0) is 21.9 Å². The average Bonchev–Trinajstić information content (AvgIpc) is 3.10. The summed E-state index contributed by atoms with van der Waals surface area (Å²) in [6, 6.07) is 0. The van der Waals surface area contributed by atoms with E-state index in [0.29, 0.717) is 18.3 Å². The molecule has 0 aliphatic carbocycles. The fraction of sp³-hybridized carbons (Fsp3) is 0.714. The van der Waals surface area contributed by atoms with Crippen LogP contribution in [-0.4, -0.2) is 50.1 Å². The van der Waals surface area contributed by atoms with Gasteiger partial charge >= 0.3 is 0 Å². The largest absolute Gasteiger partial charge is 0.356 e. The minimum atomic E-state index is -3.66. The summed E-state index contributed by atoms with van der Waals surface area (Å²) < 4.78 is 28.1. The number of aromatic nitrogens is 2. The summed E-state index contributed by atoms with van der Waals surface area (Å²) in [6.45, 7) is 4.49. The number of aryl methyl sites for hydroxylation is 2. The molecule has 1 fully saturated rings. The normalized spacial score (nSPS) is 18.3. The molecule has 1 atom stereocenters. The van der Waals surface area contributed by atoms with E-state index in [1.807, 2.05) is 0 Å². The van der Waals surface area contributed by atoms with Gasteiger partial charge in [-0.1, -0.05) is 0 Å². The van der Waals surface area contributed by atoms with Gasteiger partial charge in [-0.3, -0.25) is 4.79 Å². The smallest absolute Gasteiger partial charge is 0.259 e. The second kappa shape index (κ2) is 7.89. The van der Waals surface area contributed by atoms with Crippen molar-refractivity contribution in [3.05, 3.63) is 12.0 Å². The molecule has 0 spiro atoms. The second-order valence-corrected chi connectivity index (χ2v) is 7.60. The van der Waals surface area contributed by atoms with Crippen molar-refractivity contribution in [3.8, 4) is 0 Å². The van der Waals surface area contributed by atoms with Gasteiger partial charge in [0.05, 0.1) is 0 Å². The summed E-state index contributed by atoms with van der Waals surface area (Å²) in [5.74, 6) is 1.10. The maximum atomic E-state index is 12.0. The Labute approximate surface area is 137 Å². The summed E-state index contributed by atoms with van der Waals surface area (Å²) in [5.41, 5.74) is 0. The van der Waals surface area contributed by atoms with Crippen molar-refractivity contribution < 1.29 is 13.2 Å². The van der Waals surface area contributed by atoms with Crippen LogP contribution in [0.2, 0.25) is 0 Å². The first-order chi connectivity index (χ1) is 10.9. The first-order valence-electron chi connectivity index (χ1n) is 7.85. The number of hydrogen-bond donors (Lipinski definition) is 3. The monoisotopic (exact) mass is 343 g/mol. The Morgan fingerprint density at radius 2 is 2.26 bits per heavy atom. The van der Waals surface area contributed by atoms with Gasteiger partial charge in [0.25, 0.3) is 10.0 Å². The predicted octanol–water partition coefficient (Wildman–Crippen LogP) is -0.487. The third-order valence-corrected chi connectivity index (χ3v) is 5.37. The molecule has 130 valence electrons. The maximum absolute atomic E-state index is 12.0. The topological polar surface area (TPSA) is 105 Å². The van der Waals surface area contributed by atoms with Crippen molar-refractivity contribution >= 4 is 15.9 Å². The fourth-order valence-corrected chi connectivity index (χ4v) is 3.56. The van der Waals surface area contributed by atoms with Crippen molar-refractivity contribution in [2.45, 2.75) is 31.2 Å². The van der Waals surface area contributed by atoms with Crippen LogP contribution in [0.3, 0.4) is 0 Å². The highest BCUT2D eigenvalue weighted by Crippen LogP contribution is 2.10. The van der Waals surface area contributed by atoms with Crippen LogP contribution in [0.4, 0.5) is 0 Å². The van der Waals surface area contributed by atoms with Crippen LogP contribution in [0.25, 0.3) is 0 Å². The molecule has 1 amide bonds. The first-order valence-corrected chi connectivity index (χ1v) is 9.34. The van der Waals surface area contributed by atoms with Gasteiger partial charge in [-0.15, -0.1) is 0 Å². The van der Waals surface area contributed by atoms with Crippen molar-refractivity contribution in [2.24, 2.45) is 13.0 Å². The van der Waals surface area contributed by atoms with E-state index in [0.717, 1.165) is 25.9 Å². The minimum Gasteiger partial charge on any atom is -0.356 e. The lowest BCUT2D eigenvalue weighted by Crippen LogP contribution is -2.32. The van der Waals surface area contributed by atoms with Crippen LogP contribution < -0.4 is 15.4 Å². The van der Waals surface area contributed by atoms with Crippen LogP contribution in [0.1, 0.15) is 25.1 Å². The molecule has 1 saturated heterocycles. The van der Waals surface area contributed by atoms with Gasteiger partial charge in [-0.2, -0.15) is 0 Å². The number of carbonyl (C=O) groups is 1. The lowest BCUT2D eigenvalue weighted by Gasteiger charge is -2.09. The summed E-state index contributed by atoms with van der Waals surface area (Å²) in [5, 5.41) is 6.09. The molecule has 1 aliphatic rings. The lowest BCUT2D eigenvalue weighted by molar-refractivity contribution is -0.120. The number of hydrogen-bond acceptors (Lipinski definition) is 5. The highest BCUT2D eigenvalue weighted by molar-refractivity contribution is 7.89. The number of sulfonamides is 1. The van der Waals surface area contributed by atoms with Crippen LogP contribution in [0.15, 0.2) is 11.2 Å². The second-order valence-electron chi connectivity index (χ2n) is 5.88. The first kappa shape index (κ1) is 17.9. The van der Waals surface area contributed by atoms with E-state index < -0.39 is 10.0 Å².